The predicted molar refractivity (Wildman–Crippen MR) is 73.0 cm³/mol. The van der Waals surface area contributed by atoms with Crippen molar-refractivity contribution in [2.75, 3.05) is 13.7 Å². The van der Waals surface area contributed by atoms with Crippen molar-refractivity contribution in [3.05, 3.63) is 11.7 Å². The zero-order chi connectivity index (χ0) is 13.7. The number of nitrogens with one attached hydrogen (secondary N) is 1. The monoisotopic (exact) mass is 267 g/mol. The molecule has 2 rings (SSSR count). The lowest BCUT2D eigenvalue weighted by atomic mass is 10.0. The fourth-order valence-corrected chi connectivity index (χ4v) is 2.49. The summed E-state index contributed by atoms with van der Waals surface area (Å²) in [4.78, 5) is 4.48. The number of hydrogen-bond acceptors (Lipinski definition) is 5. The third-order valence-corrected chi connectivity index (χ3v) is 3.76. The van der Waals surface area contributed by atoms with Crippen molar-refractivity contribution in [2.45, 2.75) is 58.1 Å². The van der Waals surface area contributed by atoms with Gasteiger partial charge in [0.2, 0.25) is 5.89 Å². The number of ether oxygens (including phenoxy) is 1. The Morgan fingerprint density at radius 1 is 1.37 bits per heavy atom. The molecule has 0 aliphatic carbocycles. The molecule has 1 aromatic heterocycles. The summed E-state index contributed by atoms with van der Waals surface area (Å²) in [6.07, 6.45) is 5.35. The maximum atomic E-state index is 5.70. The van der Waals surface area contributed by atoms with Crippen molar-refractivity contribution in [3.63, 3.8) is 0 Å². The third kappa shape index (κ3) is 4.28. The van der Waals surface area contributed by atoms with Crippen molar-refractivity contribution in [3.8, 4) is 0 Å². The molecule has 19 heavy (non-hydrogen) atoms. The summed E-state index contributed by atoms with van der Waals surface area (Å²) in [6, 6.07) is 0.374. The normalized spacial score (nSPS) is 21.8. The highest BCUT2D eigenvalue weighted by atomic mass is 16.5. The van der Waals surface area contributed by atoms with E-state index in [1.54, 1.807) is 0 Å². The zero-order valence-electron chi connectivity index (χ0n) is 12.2. The average molecular weight is 267 g/mol. The van der Waals surface area contributed by atoms with Crippen LogP contribution in [0.4, 0.5) is 0 Å². The van der Waals surface area contributed by atoms with E-state index in [1.165, 1.54) is 12.8 Å². The minimum absolute atomic E-state index is 0.268. The molecular formula is C14H25N3O2. The first-order chi connectivity index (χ1) is 9.19. The Balaban J connectivity index is 1.87. The Kier molecular flexibility index (Phi) is 5.34. The van der Waals surface area contributed by atoms with Gasteiger partial charge < -0.3 is 14.6 Å². The van der Waals surface area contributed by atoms with Crippen LogP contribution in [0.15, 0.2) is 4.52 Å². The van der Waals surface area contributed by atoms with Crippen LogP contribution in [0.2, 0.25) is 0 Å². The largest absolute Gasteiger partial charge is 0.378 e. The molecule has 0 spiro atoms. The Bertz CT molecular complexity index is 373. The van der Waals surface area contributed by atoms with E-state index in [-0.39, 0.29) is 6.10 Å². The van der Waals surface area contributed by atoms with Crippen molar-refractivity contribution >= 4 is 0 Å². The van der Waals surface area contributed by atoms with Crippen LogP contribution in [0.1, 0.15) is 44.8 Å². The van der Waals surface area contributed by atoms with Crippen LogP contribution in [-0.2, 0) is 17.6 Å². The number of hydrogen-bond donors (Lipinski definition) is 1. The van der Waals surface area contributed by atoms with E-state index in [2.05, 4.69) is 29.3 Å². The van der Waals surface area contributed by atoms with E-state index in [9.17, 15) is 0 Å². The smallest absolute Gasteiger partial charge is 0.228 e. The van der Waals surface area contributed by atoms with Gasteiger partial charge >= 0.3 is 0 Å². The second kappa shape index (κ2) is 7.01. The Labute approximate surface area is 115 Å². The van der Waals surface area contributed by atoms with Crippen molar-refractivity contribution in [2.24, 2.45) is 5.92 Å². The molecule has 1 aliphatic heterocycles. The molecule has 108 valence electrons. The first kappa shape index (κ1) is 14.5. The fraction of sp³-hybridized carbons (Fsp3) is 0.857. The summed E-state index contributed by atoms with van der Waals surface area (Å²) in [5.41, 5.74) is 0. The molecule has 0 radical (unpaired) electrons. The summed E-state index contributed by atoms with van der Waals surface area (Å²) < 4.78 is 11.0. The first-order valence-electron chi connectivity index (χ1n) is 7.29. The molecule has 1 aliphatic rings. The van der Waals surface area contributed by atoms with Crippen LogP contribution >= 0.6 is 0 Å². The summed E-state index contributed by atoms with van der Waals surface area (Å²) in [6.45, 7) is 5.24. The number of likely N-dealkylation sites (N-methyl/N-ethyl adjacent to an activating group) is 1. The van der Waals surface area contributed by atoms with Gasteiger partial charge in [-0.1, -0.05) is 19.0 Å². The van der Waals surface area contributed by atoms with E-state index in [1.807, 2.05) is 7.05 Å². The molecule has 0 bridgehead atoms. The third-order valence-electron chi connectivity index (χ3n) is 3.76. The van der Waals surface area contributed by atoms with Crippen LogP contribution in [0, 0.1) is 5.92 Å². The predicted octanol–water partition coefficient (Wildman–Crippen LogP) is 1.97. The van der Waals surface area contributed by atoms with Gasteiger partial charge in [0.1, 0.15) is 0 Å². The van der Waals surface area contributed by atoms with E-state index in [4.69, 9.17) is 9.26 Å². The van der Waals surface area contributed by atoms with Crippen LogP contribution < -0.4 is 5.32 Å². The molecule has 1 aromatic rings. The molecule has 2 heterocycles. The molecule has 1 N–H and O–H groups in total. The summed E-state index contributed by atoms with van der Waals surface area (Å²) in [7, 11) is 1.97. The molecule has 0 saturated carbocycles. The molecule has 2 unspecified atom stereocenters. The fourth-order valence-electron chi connectivity index (χ4n) is 2.49. The Hall–Kier alpha value is -0.940. The standard InChI is InChI=1S/C14H25N3O2/c1-10(2)12(15-3)9-14-16-13(17-19-14)8-11-6-4-5-7-18-11/h10-12,15H,4-9H2,1-3H3. The van der Waals surface area contributed by atoms with Crippen molar-refractivity contribution in [1.82, 2.24) is 15.5 Å². The van der Waals surface area contributed by atoms with Gasteiger partial charge in [0.25, 0.3) is 0 Å². The highest BCUT2D eigenvalue weighted by Crippen LogP contribution is 2.16. The quantitative estimate of drug-likeness (QED) is 0.854. The maximum Gasteiger partial charge on any atom is 0.228 e. The number of rotatable bonds is 6. The van der Waals surface area contributed by atoms with Gasteiger partial charge in [-0.15, -0.1) is 0 Å². The van der Waals surface area contributed by atoms with Gasteiger partial charge in [0.05, 0.1) is 6.10 Å². The van der Waals surface area contributed by atoms with Gasteiger partial charge in [-0.05, 0) is 32.2 Å². The van der Waals surface area contributed by atoms with Gasteiger partial charge in [-0.2, -0.15) is 4.98 Å². The average Bonchev–Trinajstić information content (AvgIpc) is 2.84. The van der Waals surface area contributed by atoms with Crippen LogP contribution in [0.5, 0.6) is 0 Å². The van der Waals surface area contributed by atoms with Crippen LogP contribution in [-0.4, -0.2) is 35.9 Å². The Morgan fingerprint density at radius 3 is 2.84 bits per heavy atom. The van der Waals surface area contributed by atoms with E-state index in [0.717, 1.165) is 37.6 Å². The molecule has 1 fully saturated rings. The molecule has 5 heteroatoms. The van der Waals surface area contributed by atoms with E-state index in [0.29, 0.717) is 12.0 Å². The molecule has 1 saturated heterocycles. The minimum atomic E-state index is 0.268. The van der Waals surface area contributed by atoms with Gasteiger partial charge in [-0.3, -0.25) is 0 Å². The topological polar surface area (TPSA) is 60.2 Å². The molecule has 0 amide bonds. The molecular weight excluding hydrogens is 242 g/mol. The molecule has 0 aromatic carbocycles. The number of aromatic nitrogens is 2. The minimum Gasteiger partial charge on any atom is -0.378 e. The SMILES string of the molecule is CNC(Cc1nc(CC2CCCCO2)no1)C(C)C. The summed E-state index contributed by atoms with van der Waals surface area (Å²) >= 11 is 0. The van der Waals surface area contributed by atoms with E-state index >= 15 is 0 Å². The maximum absolute atomic E-state index is 5.70. The Morgan fingerprint density at radius 2 is 2.21 bits per heavy atom. The molecule has 5 nitrogen and oxygen atoms in total. The number of nitrogens with zero attached hydrogens (tertiary/aromatic N) is 2. The highest BCUT2D eigenvalue weighted by molar-refractivity contribution is 4.92. The van der Waals surface area contributed by atoms with Gasteiger partial charge in [-0.25, -0.2) is 0 Å². The van der Waals surface area contributed by atoms with Gasteiger partial charge in [0, 0.05) is 25.5 Å². The van der Waals surface area contributed by atoms with Gasteiger partial charge in [0.15, 0.2) is 5.82 Å². The highest BCUT2D eigenvalue weighted by Gasteiger charge is 2.19. The van der Waals surface area contributed by atoms with E-state index < -0.39 is 0 Å². The second-order valence-corrected chi connectivity index (χ2v) is 5.64. The summed E-state index contributed by atoms with van der Waals surface area (Å²) in [5, 5.41) is 7.35. The van der Waals surface area contributed by atoms with Crippen molar-refractivity contribution < 1.29 is 9.26 Å². The zero-order valence-corrected chi connectivity index (χ0v) is 12.2. The van der Waals surface area contributed by atoms with Crippen LogP contribution in [0.25, 0.3) is 0 Å². The lowest BCUT2D eigenvalue weighted by Crippen LogP contribution is -2.32. The lowest BCUT2D eigenvalue weighted by molar-refractivity contribution is 0.0153. The van der Waals surface area contributed by atoms with Crippen molar-refractivity contribution in [1.29, 1.82) is 0 Å². The summed E-state index contributed by atoms with van der Waals surface area (Å²) in [5.74, 6) is 2.04. The lowest BCUT2D eigenvalue weighted by Gasteiger charge is -2.20. The first-order valence-corrected chi connectivity index (χ1v) is 7.29. The second-order valence-electron chi connectivity index (χ2n) is 5.64. The molecule has 2 atom stereocenters. The van der Waals surface area contributed by atoms with Crippen LogP contribution in [0.3, 0.4) is 0 Å².